The summed E-state index contributed by atoms with van der Waals surface area (Å²) in [5, 5.41) is 6.69. The minimum Gasteiger partial charge on any atom is -0.384 e. The molecule has 0 aliphatic carbocycles. The maximum absolute atomic E-state index is 5.82. The predicted molar refractivity (Wildman–Crippen MR) is 194 cm³/mol. The second kappa shape index (κ2) is 16.7. The van der Waals surface area contributed by atoms with E-state index < -0.39 is 0 Å². The molecule has 246 valence electrons. The summed E-state index contributed by atoms with van der Waals surface area (Å²) in [6.07, 6.45) is 11.5. The van der Waals surface area contributed by atoms with Gasteiger partial charge in [-0.25, -0.2) is 20.4 Å². The van der Waals surface area contributed by atoms with E-state index in [1.165, 1.54) is 23.2 Å². The molecule has 4 aromatic rings. The van der Waals surface area contributed by atoms with E-state index in [9.17, 15) is 0 Å². The third kappa shape index (κ3) is 8.91. The number of hydrogen-bond acceptors (Lipinski definition) is 7. The number of anilines is 1. The lowest BCUT2D eigenvalue weighted by Crippen LogP contribution is -2.46. The van der Waals surface area contributed by atoms with Gasteiger partial charge in [-0.05, 0) is 93.7 Å². The van der Waals surface area contributed by atoms with Crippen LogP contribution in [0.5, 0.6) is 0 Å². The van der Waals surface area contributed by atoms with Crippen LogP contribution in [-0.4, -0.2) is 57.7 Å². The number of nitrogens with one attached hydrogen (secondary N) is 2. The molecular weight excluding hydrogens is 568 g/mol. The van der Waals surface area contributed by atoms with E-state index in [-0.39, 0.29) is 12.2 Å². The van der Waals surface area contributed by atoms with Crippen LogP contribution in [0.25, 0.3) is 22.2 Å². The Bertz CT molecular complexity index is 1560. The number of likely N-dealkylation sites (tertiary alicyclic amines) is 1. The molecule has 0 amide bonds. The quantitative estimate of drug-likeness (QED) is 0.0927. The van der Waals surface area contributed by atoms with Crippen LogP contribution in [0.1, 0.15) is 75.9 Å². The molecule has 1 aliphatic heterocycles. The van der Waals surface area contributed by atoms with Gasteiger partial charge in [0.05, 0.1) is 6.17 Å². The smallest absolute Gasteiger partial charge is 0.140 e. The molecule has 2 atom stereocenters. The third-order valence-electron chi connectivity index (χ3n) is 8.73. The van der Waals surface area contributed by atoms with Gasteiger partial charge < -0.3 is 15.6 Å². The number of nitrogen functional groups attached to an aromatic ring is 1. The molecule has 46 heavy (non-hydrogen) atoms. The van der Waals surface area contributed by atoms with E-state index in [4.69, 9.17) is 10.7 Å². The number of likely N-dealkylation sites (N-methyl/N-ethyl adjacent to an activating group) is 1. The molecule has 2 unspecified atom stereocenters. The number of allylic oxidation sites excluding steroid dienone is 2. The molecular formula is C38H54N8. The Morgan fingerprint density at radius 1 is 1.11 bits per heavy atom. The van der Waals surface area contributed by atoms with Gasteiger partial charge in [0, 0.05) is 55.7 Å². The first-order valence-electron chi connectivity index (χ1n) is 16.6. The molecule has 4 heterocycles. The van der Waals surface area contributed by atoms with E-state index in [2.05, 4.69) is 120 Å². The predicted octanol–water partition coefficient (Wildman–Crippen LogP) is 7.19. The van der Waals surface area contributed by atoms with Crippen molar-refractivity contribution in [3.63, 3.8) is 0 Å². The van der Waals surface area contributed by atoms with Crippen LogP contribution in [0, 0.1) is 0 Å². The van der Waals surface area contributed by atoms with E-state index >= 15 is 0 Å². The van der Waals surface area contributed by atoms with Crippen LogP contribution in [0.15, 0.2) is 85.2 Å². The molecule has 8 heteroatoms. The lowest BCUT2D eigenvalue weighted by Gasteiger charge is -2.32. The van der Waals surface area contributed by atoms with Crippen LogP contribution in [-0.2, 0) is 13.6 Å². The summed E-state index contributed by atoms with van der Waals surface area (Å²) in [7, 11) is 6.19. The van der Waals surface area contributed by atoms with Crippen LogP contribution in [0.2, 0.25) is 0 Å². The van der Waals surface area contributed by atoms with Gasteiger partial charge in [-0.3, -0.25) is 4.90 Å². The Kier molecular flexibility index (Phi) is 12.7. The number of pyridine rings is 2. The molecule has 0 bridgehead atoms. The van der Waals surface area contributed by atoms with Crippen LogP contribution in [0.4, 0.5) is 5.82 Å². The third-order valence-corrected chi connectivity index (χ3v) is 8.73. The number of nitrogens with two attached hydrogens (primary N) is 1. The summed E-state index contributed by atoms with van der Waals surface area (Å²) in [6, 6.07) is 17.6. The Morgan fingerprint density at radius 2 is 1.80 bits per heavy atom. The number of benzene rings is 1. The highest BCUT2D eigenvalue weighted by Crippen LogP contribution is 2.32. The normalized spacial score (nSPS) is 15.7. The lowest BCUT2D eigenvalue weighted by molar-refractivity contribution is 0.159. The van der Waals surface area contributed by atoms with Crippen molar-refractivity contribution in [1.29, 1.82) is 0 Å². The molecule has 4 N–H and O–H groups in total. The summed E-state index contributed by atoms with van der Waals surface area (Å²) in [4.78, 5) is 11.6. The summed E-state index contributed by atoms with van der Waals surface area (Å²) >= 11 is 0. The number of aromatic nitrogens is 3. The molecule has 8 nitrogen and oxygen atoms in total. The first kappa shape index (κ1) is 35.0. The van der Waals surface area contributed by atoms with Gasteiger partial charge in [-0.2, -0.15) is 0 Å². The van der Waals surface area contributed by atoms with E-state index in [0.29, 0.717) is 11.7 Å². The van der Waals surface area contributed by atoms with Crippen molar-refractivity contribution in [2.24, 2.45) is 7.05 Å². The molecule has 1 fully saturated rings. The highest BCUT2D eigenvalue weighted by molar-refractivity contribution is 5.93. The number of hydrazine groups is 1. The summed E-state index contributed by atoms with van der Waals surface area (Å²) < 4.78 is 2.23. The Hall–Kier alpha value is -3.82. The molecule has 0 saturated carbocycles. The average molecular weight is 623 g/mol. The van der Waals surface area contributed by atoms with Crippen LogP contribution in [0.3, 0.4) is 0 Å². The number of fused-ring (bicyclic) bond motifs is 1. The number of piperidine rings is 1. The highest BCUT2D eigenvalue weighted by Gasteiger charge is 2.23. The Balaban J connectivity index is 0.00000154. The zero-order chi connectivity index (χ0) is 33.2. The fraction of sp³-hybridized carbons (Fsp3) is 0.421. The summed E-state index contributed by atoms with van der Waals surface area (Å²) in [5.41, 5.74) is 17.6. The van der Waals surface area contributed by atoms with Crippen molar-refractivity contribution in [1.82, 2.24) is 35.2 Å². The van der Waals surface area contributed by atoms with Crippen LogP contribution < -0.4 is 16.5 Å². The Morgan fingerprint density at radius 3 is 2.41 bits per heavy atom. The minimum absolute atomic E-state index is 0.0358. The number of rotatable bonds is 11. The van der Waals surface area contributed by atoms with Crippen molar-refractivity contribution < 1.29 is 0 Å². The van der Waals surface area contributed by atoms with Gasteiger partial charge in [0.1, 0.15) is 11.5 Å². The zero-order valence-electron chi connectivity index (χ0n) is 28.9. The van der Waals surface area contributed by atoms with Crippen molar-refractivity contribution in [2.45, 2.75) is 71.6 Å². The SMILES string of the molecule is C=C(C)/C=C\C(C)N(C)NC(NC)c1ccc(C2CCN(Cc3cc4c(-c5ccc(N)nc5)ccnc4n3C)CC2)cc1.CCC. The Labute approximate surface area is 276 Å². The number of hydrogen-bond donors (Lipinski definition) is 3. The molecule has 0 radical (unpaired) electrons. The lowest BCUT2D eigenvalue weighted by atomic mass is 9.89. The fourth-order valence-corrected chi connectivity index (χ4v) is 5.91. The summed E-state index contributed by atoms with van der Waals surface area (Å²) in [6.45, 7) is 15.5. The van der Waals surface area contributed by atoms with Gasteiger partial charge in [0.2, 0.25) is 0 Å². The first-order valence-corrected chi connectivity index (χ1v) is 16.6. The van der Waals surface area contributed by atoms with Gasteiger partial charge in [0.25, 0.3) is 0 Å². The topological polar surface area (TPSA) is 87.3 Å². The zero-order valence-corrected chi connectivity index (χ0v) is 28.9. The van der Waals surface area contributed by atoms with E-state index in [1.54, 1.807) is 0 Å². The average Bonchev–Trinajstić information content (AvgIpc) is 3.38. The molecule has 1 aromatic carbocycles. The maximum atomic E-state index is 5.82. The van der Waals surface area contributed by atoms with Gasteiger partial charge in [-0.1, -0.05) is 68.8 Å². The second-order valence-corrected chi connectivity index (χ2v) is 12.6. The molecule has 1 aliphatic rings. The van der Waals surface area contributed by atoms with E-state index in [0.717, 1.165) is 60.2 Å². The molecule has 1 saturated heterocycles. The fourth-order valence-electron chi connectivity index (χ4n) is 5.91. The largest absolute Gasteiger partial charge is 0.384 e. The second-order valence-electron chi connectivity index (χ2n) is 12.6. The standard InChI is InChI=1S/C35H46N8.C3H8/c1-24(2)7-8-25(3)42(6)40-34(37-4)28-11-9-26(10-12-28)27-16-19-43(20-17-27)23-30-21-32-31(15-18-38-35(32)41(30)5)29-13-14-33(36)39-22-29;1-3-2/h7-15,18,21-22,25,27,34,37,40H,1,16-17,19-20,23H2,2-6H3,(H2,36,39);3H2,1-2H3/b8-7-;. The van der Waals surface area contributed by atoms with Crippen molar-refractivity contribution >= 4 is 16.9 Å². The highest BCUT2D eigenvalue weighted by atomic mass is 15.5. The number of aryl methyl sites for hydroxylation is 1. The molecule has 5 rings (SSSR count). The van der Waals surface area contributed by atoms with Crippen LogP contribution >= 0.6 is 0 Å². The molecule has 0 spiro atoms. The summed E-state index contributed by atoms with van der Waals surface area (Å²) in [5.74, 6) is 1.11. The monoisotopic (exact) mass is 622 g/mol. The maximum Gasteiger partial charge on any atom is 0.140 e. The van der Waals surface area contributed by atoms with Gasteiger partial charge >= 0.3 is 0 Å². The van der Waals surface area contributed by atoms with Crippen molar-refractivity contribution in [2.75, 3.05) is 32.9 Å². The minimum atomic E-state index is 0.0358. The number of nitrogens with zero attached hydrogens (tertiary/aromatic N) is 5. The van der Waals surface area contributed by atoms with E-state index in [1.807, 2.05) is 38.5 Å². The van der Waals surface area contributed by atoms with Gasteiger partial charge in [-0.15, -0.1) is 0 Å². The van der Waals surface area contributed by atoms with Gasteiger partial charge in [0.15, 0.2) is 0 Å². The van der Waals surface area contributed by atoms with Crippen molar-refractivity contribution in [3.8, 4) is 11.1 Å². The molecule has 3 aromatic heterocycles. The first-order chi connectivity index (χ1) is 22.1. The van der Waals surface area contributed by atoms with Crippen molar-refractivity contribution in [3.05, 3.63) is 102 Å².